The molecule has 0 saturated heterocycles. The van der Waals surface area contributed by atoms with Gasteiger partial charge in [-0.2, -0.15) is 0 Å². The molecule has 0 saturated carbocycles. The van der Waals surface area contributed by atoms with Crippen molar-refractivity contribution in [2.24, 2.45) is 7.05 Å². The van der Waals surface area contributed by atoms with Gasteiger partial charge in [-0.25, -0.2) is 0 Å². The number of methoxy groups -OCH3 is 1. The Labute approximate surface area is 181 Å². The fraction of sp³-hybridized carbons (Fsp3) is 0.400. The number of amides is 1. The molecule has 2 rings (SSSR count). The molecular formula is C20H24BrIN2O3. The maximum Gasteiger partial charge on any atom is 0.261 e. The summed E-state index contributed by atoms with van der Waals surface area (Å²) < 4.78 is 8.59. The predicted molar refractivity (Wildman–Crippen MR) is 121 cm³/mol. The Morgan fingerprint density at radius 2 is 1.81 bits per heavy atom. The van der Waals surface area contributed by atoms with Crippen molar-refractivity contribution in [3.63, 3.8) is 0 Å². The number of aromatic nitrogens is 1. The van der Waals surface area contributed by atoms with Gasteiger partial charge in [-0.05, 0) is 81.5 Å². The number of hydrogen-bond acceptors (Lipinski definition) is 3. The summed E-state index contributed by atoms with van der Waals surface area (Å²) in [6.07, 6.45) is 1.58. The Morgan fingerprint density at radius 1 is 1.26 bits per heavy atom. The predicted octanol–water partition coefficient (Wildman–Crippen LogP) is 4.58. The summed E-state index contributed by atoms with van der Waals surface area (Å²) in [5.74, 6) is -0.408. The van der Waals surface area contributed by atoms with Crippen LogP contribution in [-0.4, -0.2) is 17.6 Å². The van der Waals surface area contributed by atoms with Crippen LogP contribution in [-0.2, 0) is 31.2 Å². The molecule has 1 heterocycles. The van der Waals surface area contributed by atoms with Crippen LogP contribution in [0, 0.1) is 10.5 Å². The van der Waals surface area contributed by atoms with Crippen LogP contribution in [0.2, 0.25) is 0 Å². The largest absolute Gasteiger partial charge is 0.378 e. The first kappa shape index (κ1) is 22.1. The number of halogens is 2. The molecule has 0 fully saturated rings. The molecule has 5 nitrogen and oxygen atoms in total. The number of rotatable bonds is 6. The molecule has 2 aromatic rings. The van der Waals surface area contributed by atoms with Crippen LogP contribution in [0.15, 0.2) is 21.4 Å². The number of aryl methyl sites for hydroxylation is 2. The van der Waals surface area contributed by atoms with E-state index in [1.165, 1.54) is 0 Å². The molecule has 1 amide bonds. The number of benzene rings is 1. The highest BCUT2D eigenvalue weighted by atomic mass is 127. The van der Waals surface area contributed by atoms with Crippen LogP contribution in [0.4, 0.5) is 5.69 Å². The molecule has 0 radical (unpaired) electrons. The Morgan fingerprint density at radius 3 is 2.30 bits per heavy atom. The van der Waals surface area contributed by atoms with Crippen molar-refractivity contribution in [2.45, 2.75) is 40.2 Å². The number of nitrogens with one attached hydrogen (secondary N) is 1. The number of carbonyl (C=O) groups is 1. The van der Waals surface area contributed by atoms with Crippen molar-refractivity contribution < 1.29 is 9.53 Å². The fourth-order valence-corrected chi connectivity index (χ4v) is 4.30. The zero-order valence-electron chi connectivity index (χ0n) is 16.2. The highest BCUT2D eigenvalue weighted by molar-refractivity contribution is 14.1. The van der Waals surface area contributed by atoms with Crippen LogP contribution in [0.1, 0.15) is 46.7 Å². The van der Waals surface area contributed by atoms with Gasteiger partial charge in [0.05, 0.1) is 16.8 Å². The molecule has 1 N–H and O–H groups in total. The Bertz CT molecular complexity index is 913. The maximum absolute atomic E-state index is 13.2. The number of anilines is 1. The quantitative estimate of drug-likeness (QED) is 0.539. The summed E-state index contributed by atoms with van der Waals surface area (Å²) >= 11 is 5.62. The van der Waals surface area contributed by atoms with E-state index in [-0.39, 0.29) is 17.6 Å². The monoisotopic (exact) mass is 546 g/mol. The first-order chi connectivity index (χ1) is 12.8. The second kappa shape index (κ2) is 9.34. The minimum atomic E-state index is -0.408. The molecule has 0 bridgehead atoms. The summed E-state index contributed by atoms with van der Waals surface area (Å²) in [5.41, 5.74) is 4.01. The van der Waals surface area contributed by atoms with Crippen molar-refractivity contribution in [3.8, 4) is 0 Å². The standard InChI is InChI=1S/C20H24BrIN2O3/c1-6-12-8-14(22)9-13(7-2)18(12)23-20(26)16-15(10-27-5)24(4)11(3)17(21)19(16)25/h8-9H,6-7,10H2,1-5H3,(H,23,26). The Kier molecular flexibility index (Phi) is 7.64. The van der Waals surface area contributed by atoms with E-state index in [9.17, 15) is 9.59 Å². The van der Waals surface area contributed by atoms with Crippen molar-refractivity contribution >= 4 is 50.1 Å². The molecule has 0 aliphatic heterocycles. The number of hydrogen-bond donors (Lipinski definition) is 1. The van der Waals surface area contributed by atoms with Crippen LogP contribution in [0.3, 0.4) is 0 Å². The van der Waals surface area contributed by atoms with Gasteiger partial charge in [0.25, 0.3) is 5.91 Å². The van der Waals surface area contributed by atoms with Crippen LogP contribution < -0.4 is 10.7 Å². The third-order valence-corrected chi connectivity index (χ3v) is 6.27. The lowest BCUT2D eigenvalue weighted by atomic mass is 10.0. The third-order valence-electron chi connectivity index (χ3n) is 4.72. The van der Waals surface area contributed by atoms with Crippen molar-refractivity contribution in [1.29, 1.82) is 0 Å². The highest BCUT2D eigenvalue weighted by Gasteiger charge is 2.23. The lowest BCUT2D eigenvalue weighted by Crippen LogP contribution is -2.29. The molecule has 0 spiro atoms. The summed E-state index contributed by atoms with van der Waals surface area (Å²) in [6.45, 7) is 6.11. The smallest absolute Gasteiger partial charge is 0.261 e. The van der Waals surface area contributed by atoms with E-state index in [0.29, 0.717) is 10.2 Å². The fourth-order valence-electron chi connectivity index (χ4n) is 3.08. The van der Waals surface area contributed by atoms with E-state index < -0.39 is 5.91 Å². The normalized spacial score (nSPS) is 10.9. The number of pyridine rings is 1. The zero-order valence-corrected chi connectivity index (χ0v) is 19.9. The molecule has 1 aromatic heterocycles. The summed E-state index contributed by atoms with van der Waals surface area (Å²) in [7, 11) is 3.37. The van der Waals surface area contributed by atoms with Crippen molar-refractivity contribution in [2.75, 3.05) is 12.4 Å². The average molecular weight is 547 g/mol. The molecule has 0 aliphatic carbocycles. The van der Waals surface area contributed by atoms with Gasteiger partial charge in [0.15, 0.2) is 0 Å². The SMILES string of the molecule is CCc1cc(I)cc(CC)c1NC(=O)c1c(COC)n(C)c(C)c(Br)c1=O. The summed E-state index contributed by atoms with van der Waals surface area (Å²) in [5, 5.41) is 3.01. The zero-order chi connectivity index (χ0) is 20.3. The molecule has 0 aliphatic rings. The van der Waals surface area contributed by atoms with Gasteiger partial charge in [0.2, 0.25) is 5.43 Å². The van der Waals surface area contributed by atoms with E-state index >= 15 is 0 Å². The lowest BCUT2D eigenvalue weighted by molar-refractivity contribution is 0.101. The van der Waals surface area contributed by atoms with Gasteiger partial charge >= 0.3 is 0 Å². The minimum absolute atomic E-state index is 0.111. The van der Waals surface area contributed by atoms with E-state index in [0.717, 1.165) is 38.9 Å². The van der Waals surface area contributed by atoms with Gasteiger partial charge < -0.3 is 14.6 Å². The first-order valence-corrected chi connectivity index (χ1v) is 10.6. The van der Waals surface area contributed by atoms with E-state index in [1.54, 1.807) is 7.11 Å². The molecule has 146 valence electrons. The van der Waals surface area contributed by atoms with Gasteiger partial charge in [0, 0.05) is 29.1 Å². The second-order valence-electron chi connectivity index (χ2n) is 6.30. The molecular weight excluding hydrogens is 523 g/mol. The Hall–Kier alpha value is -1.19. The topological polar surface area (TPSA) is 60.3 Å². The van der Waals surface area contributed by atoms with E-state index in [1.807, 2.05) is 18.5 Å². The van der Waals surface area contributed by atoms with Crippen LogP contribution in [0.25, 0.3) is 0 Å². The van der Waals surface area contributed by atoms with Crippen molar-refractivity contribution in [1.82, 2.24) is 4.57 Å². The maximum atomic E-state index is 13.2. The van der Waals surface area contributed by atoms with Gasteiger partial charge in [-0.1, -0.05) is 13.8 Å². The first-order valence-electron chi connectivity index (χ1n) is 8.76. The van der Waals surface area contributed by atoms with E-state index in [2.05, 4.69) is 69.8 Å². The molecule has 0 unspecified atom stereocenters. The number of ether oxygens (including phenoxy) is 1. The minimum Gasteiger partial charge on any atom is -0.378 e. The Balaban J connectivity index is 2.63. The average Bonchev–Trinajstić information content (AvgIpc) is 2.65. The third kappa shape index (κ3) is 4.46. The molecule has 1 aromatic carbocycles. The van der Waals surface area contributed by atoms with Crippen LogP contribution >= 0.6 is 38.5 Å². The van der Waals surface area contributed by atoms with Gasteiger partial charge in [0.1, 0.15) is 5.56 Å². The highest BCUT2D eigenvalue weighted by Crippen LogP contribution is 2.27. The molecule has 27 heavy (non-hydrogen) atoms. The van der Waals surface area contributed by atoms with Crippen molar-refractivity contribution in [3.05, 3.63) is 58.5 Å². The van der Waals surface area contributed by atoms with Crippen LogP contribution in [0.5, 0.6) is 0 Å². The molecule has 0 atom stereocenters. The second-order valence-corrected chi connectivity index (χ2v) is 8.34. The van der Waals surface area contributed by atoms with Gasteiger partial charge in [-0.3, -0.25) is 9.59 Å². The summed E-state index contributed by atoms with van der Waals surface area (Å²) in [4.78, 5) is 26.0. The summed E-state index contributed by atoms with van der Waals surface area (Å²) in [6, 6.07) is 4.13. The number of carbonyl (C=O) groups excluding carboxylic acids is 1. The lowest BCUT2D eigenvalue weighted by Gasteiger charge is -2.19. The van der Waals surface area contributed by atoms with Gasteiger partial charge in [-0.15, -0.1) is 0 Å². The molecule has 7 heteroatoms. The number of nitrogens with zero attached hydrogens (tertiary/aromatic N) is 1. The van der Waals surface area contributed by atoms with E-state index in [4.69, 9.17) is 4.74 Å².